The zero-order valence-electron chi connectivity index (χ0n) is 15.9. The van der Waals surface area contributed by atoms with Gasteiger partial charge >= 0.3 is 11.9 Å². The lowest BCUT2D eigenvalue weighted by atomic mass is 9.99. The van der Waals surface area contributed by atoms with Crippen LogP contribution in [0.5, 0.6) is 0 Å². The predicted octanol–water partition coefficient (Wildman–Crippen LogP) is 2.57. The molecule has 0 N–H and O–H groups in total. The van der Waals surface area contributed by atoms with E-state index in [1.807, 2.05) is 20.8 Å². The van der Waals surface area contributed by atoms with E-state index in [9.17, 15) is 9.59 Å². The first-order chi connectivity index (χ1) is 11.9. The summed E-state index contributed by atoms with van der Waals surface area (Å²) in [5.41, 5.74) is -0.0915. The second kappa shape index (κ2) is 12.0. The molecule has 0 bridgehead atoms. The molecule has 0 atom stereocenters. The molecule has 6 heteroatoms. The van der Waals surface area contributed by atoms with E-state index in [0.29, 0.717) is 13.2 Å². The maximum atomic E-state index is 11.5. The molecule has 0 saturated carbocycles. The van der Waals surface area contributed by atoms with Gasteiger partial charge in [-0.15, -0.1) is 0 Å². The van der Waals surface area contributed by atoms with Crippen LogP contribution in [0.25, 0.3) is 0 Å². The van der Waals surface area contributed by atoms with E-state index in [-0.39, 0.29) is 5.41 Å². The number of ether oxygens (including phenoxy) is 3. The number of esters is 2. The molecular formula is C19H33NO5. The van der Waals surface area contributed by atoms with Gasteiger partial charge in [-0.2, -0.15) is 0 Å². The molecule has 6 nitrogen and oxygen atoms in total. The third kappa shape index (κ3) is 12.6. The van der Waals surface area contributed by atoms with E-state index in [1.165, 1.54) is 0 Å². The molecule has 1 aliphatic heterocycles. The Kier molecular flexibility index (Phi) is 10.4. The fraction of sp³-hybridized carbons (Fsp3) is 0.789. The van der Waals surface area contributed by atoms with Crippen molar-refractivity contribution in [2.24, 2.45) is 5.41 Å². The second-order valence-corrected chi connectivity index (χ2v) is 7.54. The van der Waals surface area contributed by atoms with E-state index in [2.05, 4.69) is 4.90 Å². The van der Waals surface area contributed by atoms with Crippen LogP contribution in [0, 0.1) is 5.41 Å². The molecule has 1 heterocycles. The van der Waals surface area contributed by atoms with Crippen LogP contribution in [0.15, 0.2) is 12.2 Å². The van der Waals surface area contributed by atoms with Crippen molar-refractivity contribution < 1.29 is 23.8 Å². The number of rotatable bonds is 10. The molecule has 0 amide bonds. The van der Waals surface area contributed by atoms with E-state index in [1.54, 1.807) is 0 Å². The molecule has 1 rings (SSSR count). The van der Waals surface area contributed by atoms with Crippen molar-refractivity contribution >= 4 is 11.9 Å². The van der Waals surface area contributed by atoms with E-state index in [4.69, 9.17) is 14.2 Å². The Bertz CT molecular complexity index is 422. The van der Waals surface area contributed by atoms with Crippen molar-refractivity contribution in [3.05, 3.63) is 12.2 Å². The summed E-state index contributed by atoms with van der Waals surface area (Å²) in [6.07, 6.45) is 6.42. The minimum absolute atomic E-state index is 0.0915. The van der Waals surface area contributed by atoms with Gasteiger partial charge in [-0.1, -0.05) is 33.6 Å². The first kappa shape index (κ1) is 21.6. The van der Waals surface area contributed by atoms with Gasteiger partial charge in [-0.05, 0) is 24.8 Å². The molecule has 0 spiro atoms. The van der Waals surface area contributed by atoms with Gasteiger partial charge in [-0.25, -0.2) is 9.59 Å². The smallest absolute Gasteiger partial charge is 0.331 e. The number of unbranched alkanes of at least 4 members (excludes halogenated alkanes) is 3. The largest absolute Gasteiger partial charge is 0.463 e. The molecule has 0 aromatic rings. The average Bonchev–Trinajstić information content (AvgIpc) is 2.57. The number of carbonyl (C=O) groups excluding carboxylic acids is 2. The summed E-state index contributed by atoms with van der Waals surface area (Å²) in [4.78, 5) is 25.4. The van der Waals surface area contributed by atoms with Gasteiger partial charge in [0.1, 0.15) is 0 Å². The Labute approximate surface area is 151 Å². The normalized spacial score (nSPS) is 16.1. The lowest BCUT2D eigenvalue weighted by Crippen LogP contribution is -2.36. The van der Waals surface area contributed by atoms with Crippen molar-refractivity contribution in [2.45, 2.75) is 46.5 Å². The van der Waals surface area contributed by atoms with E-state index in [0.717, 1.165) is 70.7 Å². The molecule has 0 radical (unpaired) electrons. The summed E-state index contributed by atoms with van der Waals surface area (Å²) in [7, 11) is 0. The lowest BCUT2D eigenvalue weighted by molar-refractivity contribution is -0.142. The zero-order chi connectivity index (χ0) is 18.5. The van der Waals surface area contributed by atoms with Crippen molar-refractivity contribution in [1.82, 2.24) is 4.90 Å². The number of nitrogens with zero attached hydrogens (tertiary/aromatic N) is 1. The Morgan fingerprint density at radius 1 is 0.960 bits per heavy atom. The molecule has 1 aliphatic rings. The zero-order valence-corrected chi connectivity index (χ0v) is 15.9. The molecule has 0 unspecified atom stereocenters. The SMILES string of the molecule is CC(C)(C)COC(=O)/C=C/C(=O)OCCCCCCN1CCOCC1. The van der Waals surface area contributed by atoms with Gasteiger partial charge in [0.25, 0.3) is 0 Å². The van der Waals surface area contributed by atoms with Gasteiger partial charge in [0, 0.05) is 25.2 Å². The summed E-state index contributed by atoms with van der Waals surface area (Å²) >= 11 is 0. The highest BCUT2D eigenvalue weighted by atomic mass is 16.5. The molecule has 25 heavy (non-hydrogen) atoms. The van der Waals surface area contributed by atoms with Gasteiger partial charge in [-0.3, -0.25) is 4.90 Å². The van der Waals surface area contributed by atoms with Crippen molar-refractivity contribution in [3.8, 4) is 0 Å². The van der Waals surface area contributed by atoms with Crippen LogP contribution in [-0.2, 0) is 23.8 Å². The number of hydrogen-bond donors (Lipinski definition) is 0. The van der Waals surface area contributed by atoms with Gasteiger partial charge in [0.15, 0.2) is 0 Å². The summed E-state index contributed by atoms with van der Waals surface area (Å²) < 4.78 is 15.4. The van der Waals surface area contributed by atoms with E-state index >= 15 is 0 Å². The van der Waals surface area contributed by atoms with Crippen LogP contribution in [0.3, 0.4) is 0 Å². The van der Waals surface area contributed by atoms with Gasteiger partial charge in [0.05, 0.1) is 26.4 Å². The van der Waals surface area contributed by atoms with Crippen LogP contribution in [0.2, 0.25) is 0 Å². The highest BCUT2D eigenvalue weighted by molar-refractivity contribution is 5.91. The molecule has 1 fully saturated rings. The Hall–Kier alpha value is -1.40. The van der Waals surface area contributed by atoms with Crippen molar-refractivity contribution in [3.63, 3.8) is 0 Å². The fourth-order valence-corrected chi connectivity index (χ4v) is 2.31. The molecule has 0 aromatic heterocycles. The van der Waals surface area contributed by atoms with Crippen LogP contribution in [0.1, 0.15) is 46.5 Å². The molecule has 1 saturated heterocycles. The number of hydrogen-bond acceptors (Lipinski definition) is 6. The van der Waals surface area contributed by atoms with Gasteiger partial charge in [0.2, 0.25) is 0 Å². The van der Waals surface area contributed by atoms with Crippen LogP contribution < -0.4 is 0 Å². The topological polar surface area (TPSA) is 65.1 Å². The van der Waals surface area contributed by atoms with E-state index < -0.39 is 11.9 Å². The highest BCUT2D eigenvalue weighted by Crippen LogP contribution is 2.12. The Balaban J connectivity index is 1.97. The van der Waals surface area contributed by atoms with Crippen molar-refractivity contribution in [1.29, 1.82) is 0 Å². The molecule has 144 valence electrons. The summed E-state index contributed by atoms with van der Waals surface area (Å²) in [6.45, 7) is 11.5. The molecule has 0 aromatic carbocycles. The molecule has 0 aliphatic carbocycles. The second-order valence-electron chi connectivity index (χ2n) is 7.54. The highest BCUT2D eigenvalue weighted by Gasteiger charge is 2.12. The standard InChI is InChI=1S/C19H33NO5/c1-19(2,3)16-25-18(22)9-8-17(21)24-13-7-5-4-6-10-20-11-14-23-15-12-20/h8-9H,4-7,10-16H2,1-3H3/b9-8+. The maximum absolute atomic E-state index is 11.5. The summed E-state index contributed by atoms with van der Waals surface area (Å²) in [5, 5.41) is 0. The first-order valence-corrected chi connectivity index (χ1v) is 9.18. The Morgan fingerprint density at radius 3 is 2.20 bits per heavy atom. The monoisotopic (exact) mass is 355 g/mol. The quantitative estimate of drug-likeness (QED) is 0.341. The van der Waals surface area contributed by atoms with Crippen LogP contribution in [0.4, 0.5) is 0 Å². The van der Waals surface area contributed by atoms with Gasteiger partial charge < -0.3 is 14.2 Å². The number of morpholine rings is 1. The lowest BCUT2D eigenvalue weighted by Gasteiger charge is -2.26. The average molecular weight is 355 g/mol. The summed E-state index contributed by atoms with van der Waals surface area (Å²) in [5.74, 6) is -1.02. The number of carbonyl (C=O) groups is 2. The minimum atomic E-state index is -0.519. The fourth-order valence-electron chi connectivity index (χ4n) is 2.31. The predicted molar refractivity (Wildman–Crippen MR) is 96.2 cm³/mol. The molecular weight excluding hydrogens is 322 g/mol. The first-order valence-electron chi connectivity index (χ1n) is 9.18. The van der Waals surface area contributed by atoms with Crippen molar-refractivity contribution in [2.75, 3.05) is 46.1 Å². The third-order valence-corrected chi connectivity index (χ3v) is 3.72. The minimum Gasteiger partial charge on any atom is -0.463 e. The maximum Gasteiger partial charge on any atom is 0.331 e. The third-order valence-electron chi connectivity index (χ3n) is 3.72. The summed E-state index contributed by atoms with van der Waals surface area (Å²) in [6, 6.07) is 0. The van der Waals surface area contributed by atoms with Crippen LogP contribution >= 0.6 is 0 Å². The van der Waals surface area contributed by atoms with Crippen LogP contribution in [-0.4, -0.2) is 62.9 Å². The Morgan fingerprint density at radius 2 is 1.56 bits per heavy atom.